The van der Waals surface area contributed by atoms with E-state index < -0.39 is 6.10 Å². The maximum absolute atomic E-state index is 12.8. The lowest BCUT2D eigenvalue weighted by Gasteiger charge is -2.25. The Morgan fingerprint density at radius 2 is 2.04 bits per heavy atom. The van der Waals surface area contributed by atoms with Crippen LogP contribution < -0.4 is 0 Å². The van der Waals surface area contributed by atoms with Gasteiger partial charge in [0.05, 0.1) is 17.8 Å². The molecule has 0 aromatic carbocycles. The molecular weight excluding hydrogens is 292 g/mol. The second-order valence-electron chi connectivity index (χ2n) is 7.33. The van der Waals surface area contributed by atoms with Crippen LogP contribution in [0.4, 0.5) is 0 Å². The second-order valence-corrected chi connectivity index (χ2v) is 7.33. The van der Waals surface area contributed by atoms with Gasteiger partial charge in [-0.3, -0.25) is 14.4 Å². The van der Waals surface area contributed by atoms with Crippen molar-refractivity contribution in [3.8, 4) is 0 Å². The van der Waals surface area contributed by atoms with E-state index in [0.717, 1.165) is 25.2 Å². The topological polar surface area (TPSA) is 61.6 Å². The third kappa shape index (κ3) is 3.43. The fourth-order valence-corrected chi connectivity index (χ4v) is 3.77. The lowest BCUT2D eigenvalue weighted by molar-refractivity contribution is 0.0752. The Bertz CT molecular complexity index is 563. The van der Waals surface area contributed by atoms with Crippen molar-refractivity contribution in [2.75, 3.05) is 26.2 Å². The van der Waals surface area contributed by atoms with Gasteiger partial charge in [-0.1, -0.05) is 13.8 Å². The summed E-state index contributed by atoms with van der Waals surface area (Å²) >= 11 is 0. The van der Waals surface area contributed by atoms with Crippen molar-refractivity contribution >= 4 is 5.91 Å². The van der Waals surface area contributed by atoms with Crippen LogP contribution >= 0.6 is 0 Å². The predicted molar refractivity (Wildman–Crippen MR) is 88.3 cm³/mol. The molecule has 0 bridgehead atoms. The van der Waals surface area contributed by atoms with Crippen LogP contribution in [0.3, 0.4) is 0 Å². The summed E-state index contributed by atoms with van der Waals surface area (Å²) in [6.45, 7) is 7.40. The number of carbonyl (C=O) groups is 1. The largest absolute Gasteiger partial charge is 0.390 e. The summed E-state index contributed by atoms with van der Waals surface area (Å²) in [4.78, 5) is 16.9. The Balaban J connectivity index is 1.70. The average molecular weight is 320 g/mol. The van der Waals surface area contributed by atoms with Gasteiger partial charge in [0, 0.05) is 20.1 Å². The minimum absolute atomic E-state index is 0.0178. The maximum atomic E-state index is 12.8. The monoisotopic (exact) mass is 320 g/mol. The molecule has 0 aliphatic carbocycles. The number of rotatable bonds is 4. The molecule has 0 radical (unpaired) electrons. The molecule has 0 unspecified atom stereocenters. The van der Waals surface area contributed by atoms with Gasteiger partial charge in [0.25, 0.3) is 5.91 Å². The molecule has 0 saturated carbocycles. The quantitative estimate of drug-likeness (QED) is 0.895. The molecule has 23 heavy (non-hydrogen) atoms. The third-order valence-corrected chi connectivity index (χ3v) is 4.92. The van der Waals surface area contributed by atoms with Crippen LogP contribution in [0.1, 0.15) is 42.9 Å². The van der Waals surface area contributed by atoms with Gasteiger partial charge in [-0.15, -0.1) is 0 Å². The number of aliphatic hydroxyl groups is 1. The number of likely N-dealkylation sites (tertiary alicyclic amines) is 2. The molecule has 1 aromatic heterocycles. The molecule has 1 aromatic rings. The summed E-state index contributed by atoms with van der Waals surface area (Å²) in [7, 11) is 1.82. The van der Waals surface area contributed by atoms with Gasteiger partial charge >= 0.3 is 0 Å². The number of carbonyl (C=O) groups excluding carboxylic acids is 1. The molecule has 6 nitrogen and oxygen atoms in total. The SMILES string of the molecule is CC(C)Cc1cc(C(=O)N2C[C@@H](O)[C@H](N3CCCC3)C2)n(C)n1. The summed E-state index contributed by atoms with van der Waals surface area (Å²) in [6, 6.07) is 1.99. The number of aromatic nitrogens is 2. The first-order chi connectivity index (χ1) is 11.0. The predicted octanol–water partition coefficient (Wildman–Crippen LogP) is 0.900. The molecule has 2 fully saturated rings. The number of nitrogens with zero attached hydrogens (tertiary/aromatic N) is 4. The normalized spacial score (nSPS) is 25.7. The van der Waals surface area contributed by atoms with E-state index in [2.05, 4.69) is 23.8 Å². The van der Waals surface area contributed by atoms with Crippen molar-refractivity contribution in [1.82, 2.24) is 19.6 Å². The number of hydrogen-bond donors (Lipinski definition) is 1. The fourth-order valence-electron chi connectivity index (χ4n) is 3.77. The van der Waals surface area contributed by atoms with E-state index in [9.17, 15) is 9.90 Å². The Hall–Kier alpha value is -1.40. The van der Waals surface area contributed by atoms with Crippen LogP contribution in [0, 0.1) is 5.92 Å². The molecule has 1 amide bonds. The van der Waals surface area contributed by atoms with Gasteiger partial charge in [0.15, 0.2) is 0 Å². The first-order valence-electron chi connectivity index (χ1n) is 8.70. The Kier molecular flexibility index (Phi) is 4.73. The van der Waals surface area contributed by atoms with Crippen molar-refractivity contribution in [2.24, 2.45) is 13.0 Å². The van der Waals surface area contributed by atoms with E-state index in [1.54, 1.807) is 9.58 Å². The third-order valence-electron chi connectivity index (χ3n) is 4.92. The number of amides is 1. The van der Waals surface area contributed by atoms with Crippen molar-refractivity contribution in [2.45, 2.75) is 45.3 Å². The lowest BCUT2D eigenvalue weighted by Crippen LogP contribution is -2.41. The van der Waals surface area contributed by atoms with E-state index in [4.69, 9.17) is 0 Å². The zero-order valence-corrected chi connectivity index (χ0v) is 14.4. The minimum atomic E-state index is -0.444. The van der Waals surface area contributed by atoms with E-state index in [0.29, 0.717) is 24.7 Å². The van der Waals surface area contributed by atoms with E-state index in [1.807, 2.05) is 13.1 Å². The Morgan fingerprint density at radius 3 is 2.70 bits per heavy atom. The summed E-state index contributed by atoms with van der Waals surface area (Å²) < 4.78 is 1.68. The summed E-state index contributed by atoms with van der Waals surface area (Å²) in [5.74, 6) is 0.497. The highest BCUT2D eigenvalue weighted by Gasteiger charge is 2.39. The molecule has 2 atom stereocenters. The number of β-amino-alcohol motifs (C(OH)–C–C–N with tert-alkyl or cyclic N) is 1. The molecule has 2 aliphatic rings. The summed E-state index contributed by atoms with van der Waals surface area (Å²) in [6.07, 6.45) is 2.81. The molecule has 2 saturated heterocycles. The number of aliphatic hydroxyl groups excluding tert-OH is 1. The molecule has 0 spiro atoms. The fraction of sp³-hybridized carbons (Fsp3) is 0.765. The van der Waals surface area contributed by atoms with Crippen molar-refractivity contribution in [3.63, 3.8) is 0 Å². The van der Waals surface area contributed by atoms with Gasteiger partial charge in [0.1, 0.15) is 5.69 Å². The Morgan fingerprint density at radius 1 is 1.35 bits per heavy atom. The van der Waals surface area contributed by atoms with Crippen molar-refractivity contribution < 1.29 is 9.90 Å². The van der Waals surface area contributed by atoms with Gasteiger partial charge in [-0.25, -0.2) is 0 Å². The van der Waals surface area contributed by atoms with Gasteiger partial charge in [-0.2, -0.15) is 5.10 Å². The van der Waals surface area contributed by atoms with E-state index in [1.165, 1.54) is 12.8 Å². The first kappa shape index (κ1) is 16.5. The molecule has 2 aliphatic heterocycles. The smallest absolute Gasteiger partial charge is 0.272 e. The van der Waals surface area contributed by atoms with Crippen LogP contribution in [0.2, 0.25) is 0 Å². The van der Waals surface area contributed by atoms with Crippen LogP contribution in [0.15, 0.2) is 6.07 Å². The van der Waals surface area contributed by atoms with Gasteiger partial charge in [-0.05, 0) is 44.3 Å². The van der Waals surface area contributed by atoms with Gasteiger partial charge < -0.3 is 10.0 Å². The van der Waals surface area contributed by atoms with Crippen LogP contribution in [-0.4, -0.2) is 68.9 Å². The van der Waals surface area contributed by atoms with E-state index >= 15 is 0 Å². The van der Waals surface area contributed by atoms with Crippen LogP contribution in [0.5, 0.6) is 0 Å². The summed E-state index contributed by atoms with van der Waals surface area (Å²) in [5.41, 5.74) is 1.58. The van der Waals surface area contributed by atoms with Crippen LogP contribution in [0.25, 0.3) is 0 Å². The Labute approximate surface area is 138 Å². The first-order valence-corrected chi connectivity index (χ1v) is 8.70. The standard InChI is InChI=1S/C17H28N4O2/c1-12(2)8-13-9-14(19(3)18-13)17(23)21-10-15(16(22)11-21)20-6-4-5-7-20/h9,12,15-16,22H,4-8,10-11H2,1-3H3/t15-,16-/m1/s1. The van der Waals surface area contributed by atoms with E-state index in [-0.39, 0.29) is 11.9 Å². The number of aryl methyl sites for hydroxylation is 1. The van der Waals surface area contributed by atoms with Crippen molar-refractivity contribution in [1.29, 1.82) is 0 Å². The molecule has 1 N–H and O–H groups in total. The molecule has 6 heteroatoms. The zero-order valence-electron chi connectivity index (χ0n) is 14.4. The second kappa shape index (κ2) is 6.61. The molecule has 3 rings (SSSR count). The van der Waals surface area contributed by atoms with Crippen LogP contribution in [-0.2, 0) is 13.5 Å². The molecular formula is C17H28N4O2. The summed E-state index contributed by atoms with van der Waals surface area (Å²) in [5, 5.41) is 14.8. The average Bonchev–Trinajstić information content (AvgIpc) is 3.17. The van der Waals surface area contributed by atoms with Crippen molar-refractivity contribution in [3.05, 3.63) is 17.5 Å². The highest BCUT2D eigenvalue weighted by atomic mass is 16.3. The van der Waals surface area contributed by atoms with Gasteiger partial charge in [0.2, 0.25) is 0 Å². The highest BCUT2D eigenvalue weighted by Crippen LogP contribution is 2.22. The molecule has 3 heterocycles. The minimum Gasteiger partial charge on any atom is -0.390 e. The lowest BCUT2D eigenvalue weighted by atomic mass is 10.1. The molecule has 128 valence electrons. The zero-order chi connectivity index (χ0) is 16.6. The number of hydrogen-bond acceptors (Lipinski definition) is 4. The maximum Gasteiger partial charge on any atom is 0.272 e. The highest BCUT2D eigenvalue weighted by molar-refractivity contribution is 5.93.